The van der Waals surface area contributed by atoms with Crippen LogP contribution < -0.4 is 5.32 Å². The first-order valence-corrected chi connectivity index (χ1v) is 9.72. The molecule has 26 heavy (non-hydrogen) atoms. The molecule has 1 saturated heterocycles. The number of rotatable bonds is 3. The number of fused-ring (bicyclic) bond motifs is 1. The van der Waals surface area contributed by atoms with E-state index < -0.39 is 21.9 Å². The number of piperazine rings is 1. The summed E-state index contributed by atoms with van der Waals surface area (Å²) in [6.45, 7) is 2.92. The molecular formula is C17H19FN4O3S. The van der Waals surface area contributed by atoms with E-state index in [9.17, 15) is 12.8 Å². The Morgan fingerprint density at radius 3 is 2.92 bits per heavy atom. The third kappa shape index (κ3) is 2.63. The molecule has 0 bridgehead atoms. The predicted molar refractivity (Wildman–Crippen MR) is 93.6 cm³/mol. The molecule has 1 fully saturated rings. The Labute approximate surface area is 150 Å². The second-order valence-electron chi connectivity index (χ2n) is 6.39. The third-order valence-corrected chi connectivity index (χ3v) is 6.66. The first-order chi connectivity index (χ1) is 12.4. The van der Waals surface area contributed by atoms with E-state index in [0.717, 1.165) is 0 Å². The molecule has 0 aliphatic carbocycles. The Balaban J connectivity index is 1.82. The number of furan rings is 1. The van der Waals surface area contributed by atoms with Crippen molar-refractivity contribution in [2.75, 3.05) is 19.6 Å². The van der Waals surface area contributed by atoms with Gasteiger partial charge in [0.1, 0.15) is 17.2 Å². The third-order valence-electron chi connectivity index (χ3n) is 4.75. The number of halogens is 1. The van der Waals surface area contributed by atoms with Crippen LogP contribution in [-0.2, 0) is 17.1 Å². The van der Waals surface area contributed by atoms with Crippen molar-refractivity contribution in [2.45, 2.75) is 18.1 Å². The minimum Gasteiger partial charge on any atom is -0.443 e. The van der Waals surface area contributed by atoms with Crippen LogP contribution in [0.3, 0.4) is 0 Å². The van der Waals surface area contributed by atoms with E-state index in [1.54, 1.807) is 23.9 Å². The van der Waals surface area contributed by atoms with E-state index in [4.69, 9.17) is 4.42 Å². The van der Waals surface area contributed by atoms with Crippen molar-refractivity contribution in [1.29, 1.82) is 0 Å². The number of hydrogen-bond donors (Lipinski definition) is 1. The van der Waals surface area contributed by atoms with E-state index in [2.05, 4.69) is 10.3 Å². The maximum atomic E-state index is 13.5. The van der Waals surface area contributed by atoms with Gasteiger partial charge in [-0.3, -0.25) is 0 Å². The molecule has 7 nitrogen and oxygen atoms in total. The van der Waals surface area contributed by atoms with Crippen LogP contribution in [0.4, 0.5) is 4.39 Å². The Hall–Kier alpha value is -2.23. The van der Waals surface area contributed by atoms with Gasteiger partial charge in [0, 0.05) is 50.0 Å². The number of nitrogens with one attached hydrogen (secondary N) is 1. The summed E-state index contributed by atoms with van der Waals surface area (Å²) in [5, 5.41) is 3.54. The van der Waals surface area contributed by atoms with Crippen molar-refractivity contribution < 1.29 is 17.2 Å². The second kappa shape index (κ2) is 6.19. The highest BCUT2D eigenvalue weighted by atomic mass is 32.2. The van der Waals surface area contributed by atoms with Crippen LogP contribution in [0, 0.1) is 12.7 Å². The van der Waals surface area contributed by atoms with Crippen LogP contribution in [0.1, 0.15) is 17.4 Å². The summed E-state index contributed by atoms with van der Waals surface area (Å²) in [5.74, 6) is 0.221. The summed E-state index contributed by atoms with van der Waals surface area (Å²) in [4.78, 5) is 4.31. The minimum atomic E-state index is -3.91. The summed E-state index contributed by atoms with van der Waals surface area (Å²) in [7, 11) is -2.08. The maximum absolute atomic E-state index is 13.5. The van der Waals surface area contributed by atoms with E-state index >= 15 is 0 Å². The van der Waals surface area contributed by atoms with Crippen molar-refractivity contribution in [1.82, 2.24) is 19.2 Å². The first kappa shape index (κ1) is 17.2. The van der Waals surface area contributed by atoms with Crippen molar-refractivity contribution in [3.05, 3.63) is 47.8 Å². The zero-order valence-electron chi connectivity index (χ0n) is 14.4. The lowest BCUT2D eigenvalue weighted by Crippen LogP contribution is -2.49. The molecule has 1 aromatic carbocycles. The highest BCUT2D eigenvalue weighted by molar-refractivity contribution is 7.89. The van der Waals surface area contributed by atoms with Gasteiger partial charge < -0.3 is 14.3 Å². The lowest BCUT2D eigenvalue weighted by Gasteiger charge is -2.34. The van der Waals surface area contributed by atoms with E-state index in [0.29, 0.717) is 42.0 Å². The zero-order chi connectivity index (χ0) is 18.5. The van der Waals surface area contributed by atoms with E-state index in [1.165, 1.54) is 22.5 Å². The fourth-order valence-corrected chi connectivity index (χ4v) is 5.16. The van der Waals surface area contributed by atoms with Gasteiger partial charge in [-0.2, -0.15) is 4.31 Å². The number of nitrogens with zero attached hydrogens (tertiary/aromatic N) is 3. The lowest BCUT2D eigenvalue weighted by molar-refractivity contribution is 0.253. The van der Waals surface area contributed by atoms with Crippen molar-refractivity contribution in [3.63, 3.8) is 0 Å². The first-order valence-electron chi connectivity index (χ1n) is 8.28. The van der Waals surface area contributed by atoms with Crippen LogP contribution in [0.2, 0.25) is 0 Å². The number of aryl methyl sites for hydroxylation is 2. The SMILES string of the molecule is Cc1c(S(=O)(=O)N2CCNCC2c2nccn2C)oc2ccc(F)cc12. The van der Waals surface area contributed by atoms with Gasteiger partial charge in [0.25, 0.3) is 10.0 Å². The second-order valence-corrected chi connectivity index (χ2v) is 8.18. The molecular weight excluding hydrogens is 359 g/mol. The number of imidazole rings is 1. The van der Waals surface area contributed by atoms with Crippen molar-refractivity contribution in [2.24, 2.45) is 7.05 Å². The van der Waals surface area contributed by atoms with Gasteiger partial charge in [-0.05, 0) is 25.1 Å². The predicted octanol–water partition coefficient (Wildman–Crippen LogP) is 1.95. The quantitative estimate of drug-likeness (QED) is 0.754. The average Bonchev–Trinajstić information content (AvgIpc) is 3.19. The molecule has 4 rings (SSSR count). The van der Waals surface area contributed by atoms with E-state index in [-0.39, 0.29) is 5.09 Å². The van der Waals surface area contributed by atoms with Crippen LogP contribution in [0.15, 0.2) is 40.1 Å². The molecule has 1 aliphatic heterocycles. The van der Waals surface area contributed by atoms with Gasteiger partial charge in [0.15, 0.2) is 0 Å². The van der Waals surface area contributed by atoms with Gasteiger partial charge >= 0.3 is 0 Å². The summed E-state index contributed by atoms with van der Waals surface area (Å²) < 4.78 is 49.1. The van der Waals surface area contributed by atoms with E-state index in [1.807, 2.05) is 7.05 Å². The normalized spacial score (nSPS) is 19.3. The molecule has 1 aliphatic rings. The fourth-order valence-electron chi connectivity index (χ4n) is 3.41. The molecule has 3 heterocycles. The number of benzene rings is 1. The highest BCUT2D eigenvalue weighted by Crippen LogP contribution is 2.34. The highest BCUT2D eigenvalue weighted by Gasteiger charge is 2.39. The Morgan fingerprint density at radius 2 is 2.19 bits per heavy atom. The molecule has 0 radical (unpaired) electrons. The number of hydrogen-bond acceptors (Lipinski definition) is 5. The van der Waals surface area contributed by atoms with Gasteiger partial charge in [0.2, 0.25) is 5.09 Å². The molecule has 0 spiro atoms. The lowest BCUT2D eigenvalue weighted by atomic mass is 10.2. The topological polar surface area (TPSA) is 80.4 Å². The molecule has 138 valence electrons. The monoisotopic (exact) mass is 378 g/mol. The number of aromatic nitrogens is 2. The van der Waals surface area contributed by atoms with Crippen LogP contribution in [0.25, 0.3) is 11.0 Å². The standard InChI is InChI=1S/C17H19FN4O3S/c1-11-13-9-12(18)3-4-15(13)25-17(11)26(23,24)22-8-5-19-10-14(22)16-20-6-7-21(16)2/h3-4,6-7,9,14,19H,5,8,10H2,1-2H3. The summed E-state index contributed by atoms with van der Waals surface area (Å²) >= 11 is 0. The fraction of sp³-hybridized carbons (Fsp3) is 0.353. The summed E-state index contributed by atoms with van der Waals surface area (Å²) in [6, 6.07) is 3.55. The van der Waals surface area contributed by atoms with Crippen LogP contribution in [0.5, 0.6) is 0 Å². The Bertz CT molecular complexity index is 1070. The molecule has 3 aromatic rings. The largest absolute Gasteiger partial charge is 0.443 e. The number of sulfonamides is 1. The zero-order valence-corrected chi connectivity index (χ0v) is 15.3. The van der Waals surface area contributed by atoms with Gasteiger partial charge in [-0.15, -0.1) is 0 Å². The average molecular weight is 378 g/mol. The summed E-state index contributed by atoms with van der Waals surface area (Å²) in [6.07, 6.45) is 3.42. The van der Waals surface area contributed by atoms with Crippen molar-refractivity contribution in [3.8, 4) is 0 Å². The maximum Gasteiger partial charge on any atom is 0.277 e. The molecule has 2 aromatic heterocycles. The molecule has 0 saturated carbocycles. The van der Waals surface area contributed by atoms with Gasteiger partial charge in [-0.1, -0.05) is 0 Å². The Morgan fingerprint density at radius 1 is 1.38 bits per heavy atom. The minimum absolute atomic E-state index is 0.140. The van der Waals surface area contributed by atoms with Crippen LogP contribution in [-0.4, -0.2) is 41.9 Å². The van der Waals surface area contributed by atoms with Gasteiger partial charge in [0.05, 0.1) is 6.04 Å². The summed E-state index contributed by atoms with van der Waals surface area (Å²) in [5.41, 5.74) is 0.766. The van der Waals surface area contributed by atoms with Crippen LogP contribution >= 0.6 is 0 Å². The van der Waals surface area contributed by atoms with Gasteiger partial charge in [-0.25, -0.2) is 17.8 Å². The van der Waals surface area contributed by atoms with Crippen molar-refractivity contribution >= 4 is 21.0 Å². The Kier molecular flexibility index (Phi) is 4.09. The molecule has 1 N–H and O–H groups in total. The molecule has 0 amide bonds. The smallest absolute Gasteiger partial charge is 0.277 e. The molecule has 1 atom stereocenters. The molecule has 1 unspecified atom stereocenters. The molecule has 9 heteroatoms.